The van der Waals surface area contributed by atoms with E-state index in [1.54, 1.807) is 31.4 Å². The van der Waals surface area contributed by atoms with Crippen molar-refractivity contribution in [2.45, 2.75) is 6.92 Å². The van der Waals surface area contributed by atoms with Crippen LogP contribution in [0.1, 0.15) is 15.9 Å². The van der Waals surface area contributed by atoms with Crippen LogP contribution in [-0.4, -0.2) is 26.2 Å². The van der Waals surface area contributed by atoms with E-state index in [1.807, 2.05) is 25.1 Å². The first-order chi connectivity index (χ1) is 10.6. The van der Waals surface area contributed by atoms with E-state index in [0.717, 1.165) is 15.0 Å². The SMILES string of the molecule is COCCOc1ccc(C(=O)Nc2ccc(C)c(I)c2)cc1. The minimum Gasteiger partial charge on any atom is -0.491 e. The van der Waals surface area contributed by atoms with Crippen molar-refractivity contribution in [1.29, 1.82) is 0 Å². The number of hydrogen-bond donors (Lipinski definition) is 1. The fourth-order valence-electron chi connectivity index (χ4n) is 1.82. The highest BCUT2D eigenvalue weighted by Crippen LogP contribution is 2.18. The van der Waals surface area contributed by atoms with Crippen LogP contribution in [-0.2, 0) is 4.74 Å². The minimum atomic E-state index is -0.136. The Morgan fingerprint density at radius 2 is 1.86 bits per heavy atom. The summed E-state index contributed by atoms with van der Waals surface area (Å²) in [6.45, 7) is 3.06. The normalized spacial score (nSPS) is 10.3. The topological polar surface area (TPSA) is 47.6 Å². The molecule has 0 aliphatic heterocycles. The van der Waals surface area contributed by atoms with Crippen molar-refractivity contribution in [2.24, 2.45) is 0 Å². The highest BCUT2D eigenvalue weighted by Gasteiger charge is 2.07. The van der Waals surface area contributed by atoms with E-state index in [-0.39, 0.29) is 5.91 Å². The van der Waals surface area contributed by atoms with E-state index in [4.69, 9.17) is 9.47 Å². The lowest BCUT2D eigenvalue weighted by molar-refractivity contribution is 0.102. The fraction of sp³-hybridized carbons (Fsp3) is 0.235. The van der Waals surface area contributed by atoms with Gasteiger partial charge in [0.05, 0.1) is 6.61 Å². The molecule has 1 N–H and O–H groups in total. The lowest BCUT2D eigenvalue weighted by Crippen LogP contribution is -2.12. The Morgan fingerprint density at radius 1 is 1.14 bits per heavy atom. The van der Waals surface area contributed by atoms with Crippen LogP contribution in [0.4, 0.5) is 5.69 Å². The van der Waals surface area contributed by atoms with Crippen LogP contribution in [0.2, 0.25) is 0 Å². The van der Waals surface area contributed by atoms with Crippen molar-refractivity contribution in [3.8, 4) is 5.75 Å². The van der Waals surface area contributed by atoms with Gasteiger partial charge < -0.3 is 14.8 Å². The number of aryl methyl sites for hydroxylation is 1. The fourth-order valence-corrected chi connectivity index (χ4v) is 2.33. The maximum atomic E-state index is 12.2. The second-order valence-electron chi connectivity index (χ2n) is 4.78. The predicted molar refractivity (Wildman–Crippen MR) is 95.7 cm³/mol. The van der Waals surface area contributed by atoms with Gasteiger partial charge in [0.15, 0.2) is 0 Å². The standard InChI is InChI=1S/C17H18INO3/c1-12-3-6-14(11-16(12)18)19-17(20)13-4-7-15(8-5-13)22-10-9-21-2/h3-8,11H,9-10H2,1-2H3,(H,19,20). The molecule has 1 amide bonds. The Balaban J connectivity index is 1.98. The van der Waals surface area contributed by atoms with E-state index in [9.17, 15) is 4.79 Å². The lowest BCUT2D eigenvalue weighted by Gasteiger charge is -2.08. The van der Waals surface area contributed by atoms with Crippen molar-refractivity contribution in [1.82, 2.24) is 0 Å². The first-order valence-electron chi connectivity index (χ1n) is 6.89. The summed E-state index contributed by atoms with van der Waals surface area (Å²) in [5.41, 5.74) is 2.58. The molecule has 22 heavy (non-hydrogen) atoms. The van der Waals surface area contributed by atoms with Gasteiger partial charge in [-0.3, -0.25) is 4.79 Å². The number of carbonyl (C=O) groups is 1. The average molecular weight is 411 g/mol. The van der Waals surface area contributed by atoms with Crippen molar-refractivity contribution >= 4 is 34.2 Å². The summed E-state index contributed by atoms with van der Waals surface area (Å²) in [6.07, 6.45) is 0. The number of hydrogen-bond acceptors (Lipinski definition) is 3. The monoisotopic (exact) mass is 411 g/mol. The summed E-state index contributed by atoms with van der Waals surface area (Å²) in [5, 5.41) is 2.89. The Hall–Kier alpha value is -1.60. The molecule has 2 rings (SSSR count). The molecule has 0 aliphatic rings. The third kappa shape index (κ3) is 4.71. The van der Waals surface area contributed by atoms with Crippen LogP contribution < -0.4 is 10.1 Å². The van der Waals surface area contributed by atoms with Crippen LogP contribution in [0.3, 0.4) is 0 Å². The third-order valence-electron chi connectivity index (χ3n) is 3.10. The zero-order valence-electron chi connectivity index (χ0n) is 12.6. The molecule has 2 aromatic carbocycles. The van der Waals surface area contributed by atoms with Crippen molar-refractivity contribution in [2.75, 3.05) is 25.6 Å². The number of rotatable bonds is 6. The van der Waals surface area contributed by atoms with Crippen molar-refractivity contribution in [3.05, 3.63) is 57.2 Å². The molecule has 0 spiro atoms. The zero-order valence-corrected chi connectivity index (χ0v) is 14.7. The molecule has 0 aliphatic carbocycles. The van der Waals surface area contributed by atoms with Crippen LogP contribution in [0.25, 0.3) is 0 Å². The van der Waals surface area contributed by atoms with Gasteiger partial charge in [-0.2, -0.15) is 0 Å². The number of ether oxygens (including phenoxy) is 2. The molecule has 116 valence electrons. The molecule has 4 nitrogen and oxygen atoms in total. The Kier molecular flexibility index (Phi) is 6.21. The Bertz CT molecular complexity index is 641. The number of halogens is 1. The third-order valence-corrected chi connectivity index (χ3v) is 4.26. The maximum Gasteiger partial charge on any atom is 0.255 e. The molecule has 0 saturated carbocycles. The molecule has 0 atom stereocenters. The van der Waals surface area contributed by atoms with E-state index in [0.29, 0.717) is 18.8 Å². The summed E-state index contributed by atoms with van der Waals surface area (Å²) in [6, 6.07) is 12.9. The Labute approximate surface area is 144 Å². The van der Waals surface area contributed by atoms with E-state index >= 15 is 0 Å². The number of carbonyl (C=O) groups excluding carboxylic acids is 1. The van der Waals surface area contributed by atoms with Gasteiger partial charge in [-0.05, 0) is 71.5 Å². The van der Waals surface area contributed by atoms with Gasteiger partial charge in [0.25, 0.3) is 5.91 Å². The molecular formula is C17H18INO3. The Morgan fingerprint density at radius 3 is 2.50 bits per heavy atom. The first-order valence-corrected chi connectivity index (χ1v) is 7.97. The molecular weight excluding hydrogens is 393 g/mol. The summed E-state index contributed by atoms with van der Waals surface area (Å²) in [7, 11) is 1.63. The lowest BCUT2D eigenvalue weighted by atomic mass is 10.2. The smallest absolute Gasteiger partial charge is 0.255 e. The van der Waals surface area contributed by atoms with Crippen LogP contribution in [0.5, 0.6) is 5.75 Å². The minimum absolute atomic E-state index is 0.136. The summed E-state index contributed by atoms with van der Waals surface area (Å²) >= 11 is 2.25. The molecule has 5 heteroatoms. The molecule has 0 heterocycles. The highest BCUT2D eigenvalue weighted by atomic mass is 127. The molecule has 0 bridgehead atoms. The van der Waals surface area contributed by atoms with Gasteiger partial charge in [-0.15, -0.1) is 0 Å². The number of methoxy groups -OCH3 is 1. The zero-order chi connectivity index (χ0) is 15.9. The maximum absolute atomic E-state index is 12.2. The quantitative estimate of drug-likeness (QED) is 0.580. The van der Waals surface area contributed by atoms with Crippen molar-refractivity contribution in [3.63, 3.8) is 0 Å². The number of anilines is 1. The van der Waals surface area contributed by atoms with Crippen LogP contribution >= 0.6 is 22.6 Å². The highest BCUT2D eigenvalue weighted by molar-refractivity contribution is 14.1. The second kappa shape index (κ2) is 8.14. The number of amides is 1. The summed E-state index contributed by atoms with van der Waals surface area (Å²) < 4.78 is 11.5. The number of benzene rings is 2. The molecule has 2 aromatic rings. The van der Waals surface area contributed by atoms with Crippen molar-refractivity contribution < 1.29 is 14.3 Å². The van der Waals surface area contributed by atoms with Gasteiger partial charge in [-0.25, -0.2) is 0 Å². The molecule has 0 saturated heterocycles. The van der Waals surface area contributed by atoms with Gasteiger partial charge in [0, 0.05) is 21.9 Å². The number of nitrogens with one attached hydrogen (secondary N) is 1. The van der Waals surface area contributed by atoms with Gasteiger partial charge >= 0.3 is 0 Å². The molecule has 0 fully saturated rings. The van der Waals surface area contributed by atoms with Crippen LogP contribution in [0.15, 0.2) is 42.5 Å². The largest absolute Gasteiger partial charge is 0.491 e. The molecule has 0 radical (unpaired) electrons. The van der Waals surface area contributed by atoms with Gasteiger partial charge in [-0.1, -0.05) is 6.07 Å². The van der Waals surface area contributed by atoms with Gasteiger partial charge in [0.1, 0.15) is 12.4 Å². The molecule has 0 aromatic heterocycles. The van der Waals surface area contributed by atoms with E-state index < -0.39 is 0 Å². The summed E-state index contributed by atoms with van der Waals surface area (Å²) in [5.74, 6) is 0.585. The first kappa shape index (κ1) is 16.8. The van der Waals surface area contributed by atoms with Crippen LogP contribution in [0, 0.1) is 10.5 Å². The average Bonchev–Trinajstić information content (AvgIpc) is 2.52. The van der Waals surface area contributed by atoms with E-state index in [1.165, 1.54) is 5.56 Å². The van der Waals surface area contributed by atoms with E-state index in [2.05, 4.69) is 27.9 Å². The predicted octanol–water partition coefficient (Wildman–Crippen LogP) is 3.88. The van der Waals surface area contributed by atoms with Gasteiger partial charge in [0.2, 0.25) is 0 Å². The summed E-state index contributed by atoms with van der Waals surface area (Å²) in [4.78, 5) is 12.2. The molecule has 0 unspecified atom stereocenters. The second-order valence-corrected chi connectivity index (χ2v) is 5.95.